The number of nitrogens with zero attached hydrogens (tertiary/aromatic N) is 1. The minimum atomic E-state index is -0.348. The van der Waals surface area contributed by atoms with Gasteiger partial charge < -0.3 is 14.6 Å². The molecule has 2 unspecified atom stereocenters. The van der Waals surface area contributed by atoms with Gasteiger partial charge in [0.25, 0.3) is 5.91 Å². The molecule has 1 aromatic carbocycles. The highest BCUT2D eigenvalue weighted by atomic mass is 32.1. The molecule has 1 fully saturated rings. The molecule has 3 heterocycles. The Kier molecular flexibility index (Phi) is 5.76. The van der Waals surface area contributed by atoms with E-state index in [1.54, 1.807) is 29.2 Å². The summed E-state index contributed by atoms with van der Waals surface area (Å²) in [5, 5.41) is 5.05. The first-order valence-electron chi connectivity index (χ1n) is 9.54. The fraction of sp³-hybridized carbons (Fsp3) is 0.273. The molecule has 1 N–H and O–H groups in total. The van der Waals surface area contributed by atoms with Crippen LogP contribution in [0.1, 0.15) is 39.9 Å². The Balaban J connectivity index is 1.48. The zero-order chi connectivity index (χ0) is 20.2. The normalized spacial score (nSPS) is 17.7. The molecule has 5 nitrogen and oxygen atoms in total. The van der Waals surface area contributed by atoms with Gasteiger partial charge in [0.2, 0.25) is 5.91 Å². The SMILES string of the molecule is O=C(NC(c1ccc(F)cc1)c1cccs1)C1CCCN(C(=O)c2ccco2)C1. The predicted octanol–water partition coefficient (Wildman–Crippen LogP) is 4.24. The molecule has 1 aliphatic heterocycles. The van der Waals surface area contributed by atoms with E-state index >= 15 is 0 Å². The fourth-order valence-electron chi connectivity index (χ4n) is 3.62. The maximum atomic E-state index is 13.4. The highest BCUT2D eigenvalue weighted by molar-refractivity contribution is 7.10. The Bertz CT molecular complexity index is 955. The smallest absolute Gasteiger partial charge is 0.289 e. The first-order valence-corrected chi connectivity index (χ1v) is 10.4. The number of furan rings is 1. The summed E-state index contributed by atoms with van der Waals surface area (Å²) in [5.41, 5.74) is 0.821. The van der Waals surface area contributed by atoms with Crippen LogP contribution in [0.2, 0.25) is 0 Å². The third-order valence-electron chi connectivity index (χ3n) is 5.13. The fourth-order valence-corrected chi connectivity index (χ4v) is 4.42. The summed E-state index contributed by atoms with van der Waals surface area (Å²) in [6.45, 7) is 0.960. The molecule has 2 amide bonds. The minimum Gasteiger partial charge on any atom is -0.459 e. The first kappa shape index (κ1) is 19.4. The lowest BCUT2D eigenvalue weighted by Gasteiger charge is -2.32. The standard InChI is InChI=1S/C22H21FN2O3S/c23-17-9-7-15(8-10-17)20(19-6-3-13-29-19)24-21(26)16-4-1-11-25(14-16)22(27)18-5-2-12-28-18/h2-3,5-10,12-13,16,20H,1,4,11,14H2,(H,24,26). The van der Waals surface area contributed by atoms with Gasteiger partial charge >= 0.3 is 0 Å². The van der Waals surface area contributed by atoms with Gasteiger partial charge in [0.1, 0.15) is 5.82 Å². The molecule has 0 saturated carbocycles. The Hall–Kier alpha value is -2.93. The van der Waals surface area contributed by atoms with Crippen molar-refractivity contribution < 1.29 is 18.4 Å². The Morgan fingerprint density at radius 3 is 2.69 bits per heavy atom. The number of likely N-dealkylation sites (tertiary alicyclic amines) is 1. The van der Waals surface area contributed by atoms with Crippen molar-refractivity contribution in [1.29, 1.82) is 0 Å². The monoisotopic (exact) mass is 412 g/mol. The minimum absolute atomic E-state index is 0.107. The molecular formula is C22H21FN2O3S. The number of carbonyl (C=O) groups is 2. The number of thiophene rings is 1. The Morgan fingerprint density at radius 2 is 2.00 bits per heavy atom. The van der Waals surface area contributed by atoms with Crippen molar-refractivity contribution in [3.63, 3.8) is 0 Å². The summed E-state index contributed by atoms with van der Waals surface area (Å²) in [7, 11) is 0. The second-order valence-electron chi connectivity index (χ2n) is 7.08. The molecule has 2 aromatic heterocycles. The van der Waals surface area contributed by atoms with Crippen LogP contribution in [0.4, 0.5) is 4.39 Å². The molecule has 2 atom stereocenters. The summed E-state index contributed by atoms with van der Waals surface area (Å²) in [5.74, 6) is -0.630. The second kappa shape index (κ2) is 8.61. The van der Waals surface area contributed by atoms with E-state index in [-0.39, 0.29) is 35.4 Å². The van der Waals surface area contributed by atoms with Crippen LogP contribution in [-0.2, 0) is 4.79 Å². The number of benzene rings is 1. The van der Waals surface area contributed by atoms with Crippen LogP contribution in [0.25, 0.3) is 0 Å². The third kappa shape index (κ3) is 4.40. The molecular weight excluding hydrogens is 391 g/mol. The highest BCUT2D eigenvalue weighted by Crippen LogP contribution is 2.28. The largest absolute Gasteiger partial charge is 0.459 e. The summed E-state index contributed by atoms with van der Waals surface area (Å²) >= 11 is 1.54. The quantitative estimate of drug-likeness (QED) is 0.682. The number of halogens is 1. The van der Waals surface area contributed by atoms with E-state index < -0.39 is 0 Å². The molecule has 4 rings (SSSR count). The van der Waals surface area contributed by atoms with Gasteiger partial charge in [-0.3, -0.25) is 9.59 Å². The Labute approximate surface area is 172 Å². The van der Waals surface area contributed by atoms with Gasteiger partial charge in [-0.05, 0) is 54.1 Å². The molecule has 0 spiro atoms. The number of carbonyl (C=O) groups excluding carboxylic acids is 2. The number of amides is 2. The summed E-state index contributed by atoms with van der Waals surface area (Å²) in [6, 6.07) is 13.0. The number of hydrogen-bond donors (Lipinski definition) is 1. The van der Waals surface area contributed by atoms with Gasteiger partial charge in [0, 0.05) is 18.0 Å². The topological polar surface area (TPSA) is 62.6 Å². The molecule has 0 aliphatic carbocycles. The van der Waals surface area contributed by atoms with E-state index in [1.165, 1.54) is 29.7 Å². The summed E-state index contributed by atoms with van der Waals surface area (Å²) in [6.07, 6.45) is 2.94. The molecule has 1 saturated heterocycles. The van der Waals surface area contributed by atoms with Gasteiger partial charge in [-0.2, -0.15) is 0 Å². The summed E-state index contributed by atoms with van der Waals surface area (Å²) < 4.78 is 18.6. The zero-order valence-corrected chi connectivity index (χ0v) is 16.5. The number of piperidine rings is 1. The van der Waals surface area contributed by atoms with Crippen LogP contribution in [-0.4, -0.2) is 29.8 Å². The molecule has 1 aliphatic rings. The van der Waals surface area contributed by atoms with Crippen molar-refractivity contribution in [2.75, 3.05) is 13.1 Å². The third-order valence-corrected chi connectivity index (χ3v) is 6.07. The van der Waals surface area contributed by atoms with E-state index in [0.29, 0.717) is 19.5 Å². The lowest BCUT2D eigenvalue weighted by molar-refractivity contribution is -0.126. The van der Waals surface area contributed by atoms with Crippen molar-refractivity contribution in [3.8, 4) is 0 Å². The molecule has 3 aromatic rings. The van der Waals surface area contributed by atoms with Gasteiger partial charge in [-0.25, -0.2) is 4.39 Å². The number of hydrogen-bond acceptors (Lipinski definition) is 4. The zero-order valence-electron chi connectivity index (χ0n) is 15.7. The second-order valence-corrected chi connectivity index (χ2v) is 8.06. The predicted molar refractivity (Wildman–Crippen MR) is 108 cm³/mol. The Morgan fingerprint density at radius 1 is 1.17 bits per heavy atom. The number of nitrogens with one attached hydrogen (secondary N) is 1. The van der Waals surface area contributed by atoms with Crippen LogP contribution in [0.5, 0.6) is 0 Å². The maximum absolute atomic E-state index is 13.4. The van der Waals surface area contributed by atoms with Gasteiger partial charge in [0.05, 0.1) is 18.2 Å². The van der Waals surface area contributed by atoms with Gasteiger partial charge in [-0.15, -0.1) is 11.3 Å². The van der Waals surface area contributed by atoms with Crippen molar-refractivity contribution in [2.24, 2.45) is 5.92 Å². The lowest BCUT2D eigenvalue weighted by Crippen LogP contribution is -2.46. The average Bonchev–Trinajstić information content (AvgIpc) is 3.46. The molecule has 150 valence electrons. The van der Waals surface area contributed by atoms with Gasteiger partial charge in [-0.1, -0.05) is 18.2 Å². The van der Waals surface area contributed by atoms with E-state index in [0.717, 1.165) is 16.9 Å². The van der Waals surface area contributed by atoms with Crippen molar-refractivity contribution in [2.45, 2.75) is 18.9 Å². The van der Waals surface area contributed by atoms with Crippen LogP contribution < -0.4 is 5.32 Å². The lowest BCUT2D eigenvalue weighted by atomic mass is 9.95. The van der Waals surface area contributed by atoms with Crippen LogP contribution in [0, 0.1) is 11.7 Å². The van der Waals surface area contributed by atoms with Crippen LogP contribution >= 0.6 is 11.3 Å². The first-order chi connectivity index (χ1) is 14.1. The van der Waals surface area contributed by atoms with E-state index in [4.69, 9.17) is 4.42 Å². The van der Waals surface area contributed by atoms with Gasteiger partial charge in [0.15, 0.2) is 5.76 Å². The summed E-state index contributed by atoms with van der Waals surface area (Å²) in [4.78, 5) is 28.3. The highest BCUT2D eigenvalue weighted by Gasteiger charge is 2.31. The average molecular weight is 412 g/mol. The molecule has 0 bridgehead atoms. The van der Waals surface area contributed by atoms with Crippen molar-refractivity contribution in [1.82, 2.24) is 10.2 Å². The maximum Gasteiger partial charge on any atom is 0.289 e. The van der Waals surface area contributed by atoms with Crippen molar-refractivity contribution >= 4 is 23.2 Å². The van der Waals surface area contributed by atoms with Crippen LogP contribution in [0.3, 0.4) is 0 Å². The van der Waals surface area contributed by atoms with Crippen molar-refractivity contribution in [3.05, 3.63) is 82.2 Å². The van der Waals surface area contributed by atoms with E-state index in [9.17, 15) is 14.0 Å². The van der Waals surface area contributed by atoms with E-state index in [2.05, 4.69) is 5.32 Å². The van der Waals surface area contributed by atoms with Crippen LogP contribution in [0.15, 0.2) is 64.6 Å². The molecule has 29 heavy (non-hydrogen) atoms. The number of rotatable bonds is 5. The van der Waals surface area contributed by atoms with E-state index in [1.807, 2.05) is 17.5 Å². The molecule has 7 heteroatoms. The molecule has 0 radical (unpaired) electrons.